The molecule has 0 fully saturated rings. The molecule has 4 rings (SSSR count). The van der Waals surface area contributed by atoms with Crippen molar-refractivity contribution in [1.29, 1.82) is 0 Å². The maximum atomic E-state index is 5.00. The summed E-state index contributed by atoms with van der Waals surface area (Å²) in [4.78, 5) is 9.96. The van der Waals surface area contributed by atoms with Gasteiger partial charge >= 0.3 is 0 Å². The molecule has 2 aromatic heterocycles. The second-order valence-corrected chi connectivity index (χ2v) is 11.0. The zero-order chi connectivity index (χ0) is 20.8. The van der Waals surface area contributed by atoms with Crippen molar-refractivity contribution >= 4 is 43.1 Å². The van der Waals surface area contributed by atoms with Gasteiger partial charge in [0.25, 0.3) is 0 Å². The molecule has 4 aromatic rings. The quantitative estimate of drug-likeness (QED) is 0.312. The van der Waals surface area contributed by atoms with Gasteiger partial charge < -0.3 is 0 Å². The maximum absolute atomic E-state index is 5.00. The fourth-order valence-corrected chi connectivity index (χ4v) is 5.80. The third-order valence-electron chi connectivity index (χ3n) is 6.77. The van der Waals surface area contributed by atoms with E-state index < -0.39 is 0 Å². The number of thiazole rings is 2. The number of hydrogen-bond donors (Lipinski definition) is 0. The summed E-state index contributed by atoms with van der Waals surface area (Å²) >= 11 is 3.60. The van der Waals surface area contributed by atoms with Crippen molar-refractivity contribution < 1.29 is 0 Å². The van der Waals surface area contributed by atoms with Crippen molar-refractivity contribution in [3.05, 3.63) is 47.0 Å². The van der Waals surface area contributed by atoms with Crippen LogP contribution in [-0.4, -0.2) is 9.97 Å². The lowest BCUT2D eigenvalue weighted by Crippen LogP contribution is -2.18. The van der Waals surface area contributed by atoms with Gasteiger partial charge in [-0.05, 0) is 42.4 Å². The van der Waals surface area contributed by atoms with Gasteiger partial charge in [0.1, 0.15) is 5.01 Å². The monoisotopic (exact) mass is 422 g/mol. The zero-order valence-corrected chi connectivity index (χ0v) is 19.9. The Labute approximate surface area is 182 Å². The van der Waals surface area contributed by atoms with Crippen molar-refractivity contribution in [3.63, 3.8) is 0 Å². The van der Waals surface area contributed by atoms with Gasteiger partial charge in [-0.3, -0.25) is 0 Å². The van der Waals surface area contributed by atoms with E-state index >= 15 is 0 Å². The molecule has 0 aliphatic rings. The van der Waals surface area contributed by atoms with Gasteiger partial charge in [-0.15, -0.1) is 22.7 Å². The first-order valence-electron chi connectivity index (χ1n) is 10.6. The molecule has 0 aliphatic carbocycles. The molecule has 0 aliphatic heterocycles. The topological polar surface area (TPSA) is 25.8 Å². The Balaban J connectivity index is 1.72. The Morgan fingerprint density at radius 1 is 0.759 bits per heavy atom. The third-order valence-corrected chi connectivity index (χ3v) is 9.16. The number of aromatic nitrogens is 2. The van der Waals surface area contributed by atoms with Crippen LogP contribution in [-0.2, 0) is 10.8 Å². The first-order chi connectivity index (χ1) is 13.8. The lowest BCUT2D eigenvalue weighted by Gasteiger charge is -2.23. The van der Waals surface area contributed by atoms with Crippen LogP contribution >= 0.6 is 22.7 Å². The van der Waals surface area contributed by atoms with E-state index in [2.05, 4.69) is 77.9 Å². The van der Waals surface area contributed by atoms with E-state index in [-0.39, 0.29) is 10.8 Å². The highest BCUT2D eigenvalue weighted by Crippen LogP contribution is 2.39. The molecular weight excluding hydrogens is 392 g/mol. The van der Waals surface area contributed by atoms with Gasteiger partial charge in [0, 0.05) is 11.0 Å². The minimum atomic E-state index is 0.170. The number of benzene rings is 2. The molecule has 0 N–H and O–H groups in total. The Kier molecular flexibility index (Phi) is 5.28. The van der Waals surface area contributed by atoms with E-state index in [9.17, 15) is 0 Å². The van der Waals surface area contributed by atoms with E-state index in [4.69, 9.17) is 9.97 Å². The largest absolute Gasteiger partial charge is 0.241 e. The van der Waals surface area contributed by atoms with Gasteiger partial charge in [0.05, 0.1) is 25.4 Å². The van der Waals surface area contributed by atoms with Crippen LogP contribution in [0.15, 0.2) is 36.4 Å². The molecule has 0 saturated heterocycles. The van der Waals surface area contributed by atoms with Crippen LogP contribution in [0.3, 0.4) is 0 Å². The van der Waals surface area contributed by atoms with E-state index in [1.54, 1.807) is 11.3 Å². The first-order valence-corrected chi connectivity index (χ1v) is 12.3. The summed E-state index contributed by atoms with van der Waals surface area (Å²) < 4.78 is 2.47. The summed E-state index contributed by atoms with van der Waals surface area (Å²) in [5, 5.41) is 2.34. The molecule has 0 amide bonds. The molecule has 0 atom stereocenters. The highest BCUT2D eigenvalue weighted by atomic mass is 32.1. The molecule has 0 bridgehead atoms. The second-order valence-electron chi connectivity index (χ2n) is 8.91. The van der Waals surface area contributed by atoms with E-state index in [0.717, 1.165) is 35.3 Å². The highest BCUT2D eigenvalue weighted by molar-refractivity contribution is 7.22. The van der Waals surface area contributed by atoms with Crippen LogP contribution in [0.5, 0.6) is 0 Å². The minimum absolute atomic E-state index is 0.170. The van der Waals surface area contributed by atoms with Gasteiger partial charge in [-0.2, -0.15) is 0 Å². The van der Waals surface area contributed by atoms with Crippen molar-refractivity contribution in [2.24, 2.45) is 0 Å². The zero-order valence-electron chi connectivity index (χ0n) is 18.3. The number of hydrogen-bond acceptors (Lipinski definition) is 4. The average Bonchev–Trinajstić information content (AvgIpc) is 3.34. The second kappa shape index (κ2) is 7.48. The van der Waals surface area contributed by atoms with E-state index in [0.29, 0.717) is 0 Å². The summed E-state index contributed by atoms with van der Waals surface area (Å²) in [6, 6.07) is 13.4. The van der Waals surface area contributed by atoms with Crippen molar-refractivity contribution in [3.8, 4) is 10.6 Å². The molecular formula is C25H30N2S2. The van der Waals surface area contributed by atoms with Crippen LogP contribution < -0.4 is 0 Å². The molecule has 2 nitrogen and oxygen atoms in total. The summed E-state index contributed by atoms with van der Waals surface area (Å²) in [5.74, 6) is 0. The maximum Gasteiger partial charge on any atom is 0.124 e. The fraction of sp³-hybridized carbons (Fsp3) is 0.440. The standard InChI is InChI=1S/C25H30N2S2/c1-7-24(4,5)17-12-10-16(11-13-17)22-26-18-14-21-19(15-20(18)28-22)27-23(29-21)25(6,8-2)9-3/h10-15H,7-9H2,1-6H3. The summed E-state index contributed by atoms with van der Waals surface area (Å²) in [6.07, 6.45) is 3.37. The Morgan fingerprint density at radius 3 is 1.93 bits per heavy atom. The molecule has 4 heteroatoms. The van der Waals surface area contributed by atoms with Crippen LogP contribution in [0, 0.1) is 0 Å². The Bertz CT molecular complexity index is 1090. The lowest BCUT2D eigenvalue weighted by molar-refractivity contribution is 0.437. The molecule has 29 heavy (non-hydrogen) atoms. The summed E-state index contributed by atoms with van der Waals surface area (Å²) in [6.45, 7) is 13.7. The van der Waals surface area contributed by atoms with Crippen molar-refractivity contribution in [2.75, 3.05) is 0 Å². The predicted molar refractivity (Wildman–Crippen MR) is 129 cm³/mol. The Hall–Kier alpha value is -1.78. The van der Waals surface area contributed by atoms with Crippen molar-refractivity contribution in [1.82, 2.24) is 9.97 Å². The normalized spacial score (nSPS) is 12.9. The molecule has 0 saturated carbocycles. The smallest absolute Gasteiger partial charge is 0.124 e. The fourth-order valence-electron chi connectivity index (χ4n) is 3.55. The van der Waals surface area contributed by atoms with Crippen LogP contribution in [0.1, 0.15) is 71.4 Å². The molecule has 0 unspecified atom stereocenters. The predicted octanol–water partition coefficient (Wildman–Crippen LogP) is 8.34. The molecule has 152 valence electrons. The first kappa shape index (κ1) is 20.5. The minimum Gasteiger partial charge on any atom is -0.241 e. The van der Waals surface area contributed by atoms with Crippen LogP contribution in [0.2, 0.25) is 0 Å². The SMILES string of the molecule is CCC(C)(C)c1ccc(-c2nc3cc4sc(C(C)(CC)CC)nc4cc3s2)cc1. The van der Waals surface area contributed by atoms with Crippen LogP contribution in [0.4, 0.5) is 0 Å². The highest BCUT2D eigenvalue weighted by Gasteiger charge is 2.26. The number of rotatable bonds is 6. The third kappa shape index (κ3) is 3.62. The molecule has 2 aromatic carbocycles. The van der Waals surface area contributed by atoms with E-state index in [1.165, 1.54) is 25.5 Å². The molecule has 0 radical (unpaired) electrons. The van der Waals surface area contributed by atoms with E-state index in [1.807, 2.05) is 11.3 Å². The van der Waals surface area contributed by atoms with Crippen molar-refractivity contribution in [2.45, 2.75) is 71.6 Å². The molecule has 2 heterocycles. The van der Waals surface area contributed by atoms with Gasteiger partial charge in [-0.25, -0.2) is 9.97 Å². The summed E-state index contributed by atoms with van der Waals surface area (Å²) in [7, 11) is 0. The van der Waals surface area contributed by atoms with Gasteiger partial charge in [0.2, 0.25) is 0 Å². The van der Waals surface area contributed by atoms with Crippen LogP contribution in [0.25, 0.3) is 31.0 Å². The number of fused-ring (bicyclic) bond motifs is 2. The summed E-state index contributed by atoms with van der Waals surface area (Å²) in [5.41, 5.74) is 5.16. The lowest BCUT2D eigenvalue weighted by atomic mass is 9.82. The van der Waals surface area contributed by atoms with Gasteiger partial charge in [-0.1, -0.05) is 65.8 Å². The Morgan fingerprint density at radius 2 is 1.34 bits per heavy atom. The molecule has 0 spiro atoms. The van der Waals surface area contributed by atoms with Gasteiger partial charge in [0.15, 0.2) is 0 Å². The average molecular weight is 423 g/mol. The number of nitrogens with zero attached hydrogens (tertiary/aromatic N) is 2.